The highest BCUT2D eigenvalue weighted by Gasteiger charge is 2.31. The van der Waals surface area contributed by atoms with Crippen LogP contribution < -0.4 is 15.9 Å². The van der Waals surface area contributed by atoms with Crippen LogP contribution in [0, 0.1) is 10.1 Å². The van der Waals surface area contributed by atoms with Crippen LogP contribution in [0.3, 0.4) is 0 Å². The monoisotopic (exact) mass is 455 g/mol. The number of hydrogen-bond donors (Lipinski definition) is 2. The normalized spacial score (nSPS) is 14.6. The second kappa shape index (κ2) is 8.70. The maximum atomic E-state index is 12.4. The Morgan fingerprint density at radius 2 is 1.71 bits per heavy atom. The molecule has 0 saturated carbocycles. The number of rotatable bonds is 6. The maximum absolute atomic E-state index is 12.4. The number of nitrogens with zero attached hydrogens (tertiary/aromatic N) is 3. The first-order valence-electron chi connectivity index (χ1n) is 10.8. The van der Waals surface area contributed by atoms with Crippen molar-refractivity contribution in [2.45, 2.75) is 12.3 Å². The first-order chi connectivity index (χ1) is 16.5. The molecule has 5 rings (SSSR count). The number of ether oxygens (including phenoxy) is 1. The van der Waals surface area contributed by atoms with Gasteiger partial charge in [-0.1, -0.05) is 30.3 Å². The highest BCUT2D eigenvalue weighted by molar-refractivity contribution is 5.97. The van der Waals surface area contributed by atoms with Gasteiger partial charge in [-0.25, -0.2) is 9.66 Å². The lowest BCUT2D eigenvalue weighted by Gasteiger charge is -2.25. The molecule has 1 atom stereocenters. The smallest absolute Gasteiger partial charge is 0.269 e. The van der Waals surface area contributed by atoms with Gasteiger partial charge >= 0.3 is 0 Å². The van der Waals surface area contributed by atoms with Crippen molar-refractivity contribution in [1.29, 1.82) is 0 Å². The molecule has 0 saturated heterocycles. The van der Waals surface area contributed by atoms with Gasteiger partial charge in [0, 0.05) is 30.2 Å². The van der Waals surface area contributed by atoms with Gasteiger partial charge in [-0.15, -0.1) is 0 Å². The predicted octanol–water partition coefficient (Wildman–Crippen LogP) is 4.43. The Morgan fingerprint density at radius 1 is 1.03 bits per heavy atom. The number of hydrogen-bond acceptors (Lipinski definition) is 6. The lowest BCUT2D eigenvalue weighted by molar-refractivity contribution is -0.384. The zero-order chi connectivity index (χ0) is 23.7. The van der Waals surface area contributed by atoms with Gasteiger partial charge < -0.3 is 15.9 Å². The van der Waals surface area contributed by atoms with E-state index in [-0.39, 0.29) is 17.3 Å². The van der Waals surface area contributed by atoms with E-state index in [1.54, 1.807) is 16.8 Å². The van der Waals surface area contributed by atoms with Crippen LogP contribution in [-0.4, -0.2) is 27.0 Å². The summed E-state index contributed by atoms with van der Waals surface area (Å²) in [6, 6.07) is 23.1. The average molecular weight is 455 g/mol. The molecule has 1 amide bonds. The van der Waals surface area contributed by atoms with Crippen molar-refractivity contribution >= 4 is 11.6 Å². The molecule has 0 spiro atoms. The van der Waals surface area contributed by atoms with Crippen LogP contribution in [0.5, 0.6) is 11.5 Å². The van der Waals surface area contributed by atoms with E-state index in [9.17, 15) is 14.9 Å². The van der Waals surface area contributed by atoms with Crippen LogP contribution in [0.2, 0.25) is 0 Å². The minimum Gasteiger partial charge on any atom is -0.457 e. The molecule has 1 aliphatic heterocycles. The number of fused-ring (bicyclic) bond motifs is 1. The van der Waals surface area contributed by atoms with Gasteiger partial charge in [0.1, 0.15) is 23.0 Å². The summed E-state index contributed by atoms with van der Waals surface area (Å²) in [6.45, 7) is 0.592. The molecule has 1 aliphatic rings. The number of non-ortho nitro benzene ring substituents is 1. The molecule has 3 aromatic carbocycles. The number of primary amides is 1. The molecule has 0 radical (unpaired) electrons. The lowest BCUT2D eigenvalue weighted by Crippen LogP contribution is -2.32. The van der Waals surface area contributed by atoms with Gasteiger partial charge in [-0.05, 0) is 48.4 Å². The predicted molar refractivity (Wildman–Crippen MR) is 126 cm³/mol. The molecule has 1 unspecified atom stereocenters. The van der Waals surface area contributed by atoms with E-state index in [0.29, 0.717) is 23.8 Å². The number of nitro benzene ring substituents is 1. The summed E-state index contributed by atoms with van der Waals surface area (Å²) in [5, 5.41) is 11.0. The van der Waals surface area contributed by atoms with Crippen molar-refractivity contribution in [2.24, 2.45) is 5.73 Å². The number of amides is 1. The molecule has 0 bridgehead atoms. The van der Waals surface area contributed by atoms with Gasteiger partial charge in [0.15, 0.2) is 5.69 Å². The maximum Gasteiger partial charge on any atom is 0.269 e. The van der Waals surface area contributed by atoms with Crippen molar-refractivity contribution in [3.05, 3.63) is 106 Å². The van der Waals surface area contributed by atoms with Crippen LogP contribution in [0.15, 0.2) is 78.9 Å². The molecule has 2 heterocycles. The molecular weight excluding hydrogens is 434 g/mol. The summed E-state index contributed by atoms with van der Waals surface area (Å²) < 4.78 is 7.49. The zero-order valence-electron chi connectivity index (χ0n) is 18.0. The van der Waals surface area contributed by atoms with E-state index >= 15 is 0 Å². The van der Waals surface area contributed by atoms with Crippen molar-refractivity contribution < 1.29 is 14.5 Å². The number of nitrogens with two attached hydrogens (primary N) is 1. The number of carbonyl (C=O) groups is 1. The summed E-state index contributed by atoms with van der Waals surface area (Å²) in [5.74, 6) is 1.26. The summed E-state index contributed by atoms with van der Waals surface area (Å²) in [6.07, 6.45) is 0.719. The number of para-hydroxylation sites is 1. The standard InChI is InChI=1S/C25H21N5O4/c26-24(31)23-22(17-8-12-20(13-9-17)34-19-4-2-1-3-5-19)28-25-21(14-15-27-29(23)25)16-6-10-18(11-7-16)30(32)33/h1-13,21,27H,14-15H2,(H2,26,31). The number of aromatic nitrogens is 2. The minimum absolute atomic E-state index is 0.0253. The molecular formula is C25H21N5O4. The fraction of sp³-hybridized carbons (Fsp3) is 0.120. The molecule has 170 valence electrons. The third-order valence-corrected chi connectivity index (χ3v) is 5.76. The van der Waals surface area contributed by atoms with E-state index < -0.39 is 10.8 Å². The highest BCUT2D eigenvalue weighted by atomic mass is 16.6. The molecule has 1 aromatic heterocycles. The summed E-state index contributed by atoms with van der Waals surface area (Å²) in [5.41, 5.74) is 11.3. The van der Waals surface area contributed by atoms with Crippen LogP contribution >= 0.6 is 0 Å². The third-order valence-electron chi connectivity index (χ3n) is 5.76. The fourth-order valence-electron chi connectivity index (χ4n) is 4.16. The number of carbonyl (C=O) groups excluding carboxylic acids is 1. The van der Waals surface area contributed by atoms with Crippen molar-refractivity contribution in [1.82, 2.24) is 9.66 Å². The average Bonchev–Trinajstić information content (AvgIpc) is 3.25. The summed E-state index contributed by atoms with van der Waals surface area (Å²) in [4.78, 5) is 27.8. The molecule has 9 nitrogen and oxygen atoms in total. The molecule has 0 fully saturated rings. The van der Waals surface area contributed by atoms with E-state index in [1.165, 1.54) is 12.1 Å². The number of nitrogens with one attached hydrogen (secondary N) is 1. The number of benzene rings is 3. The molecule has 3 N–H and O–H groups in total. The second-order valence-electron chi connectivity index (χ2n) is 7.90. The molecule has 4 aromatic rings. The van der Waals surface area contributed by atoms with Crippen molar-refractivity contribution in [3.63, 3.8) is 0 Å². The fourth-order valence-corrected chi connectivity index (χ4v) is 4.16. The minimum atomic E-state index is -0.602. The van der Waals surface area contributed by atoms with Gasteiger partial charge in [0.25, 0.3) is 11.6 Å². The van der Waals surface area contributed by atoms with Gasteiger partial charge in [-0.3, -0.25) is 14.9 Å². The Balaban J connectivity index is 1.50. The topological polar surface area (TPSA) is 125 Å². The number of imidazole rings is 1. The van der Waals surface area contributed by atoms with Crippen LogP contribution in [0.1, 0.15) is 34.2 Å². The van der Waals surface area contributed by atoms with Gasteiger partial charge in [0.05, 0.1) is 4.92 Å². The van der Waals surface area contributed by atoms with Gasteiger partial charge in [-0.2, -0.15) is 0 Å². The van der Waals surface area contributed by atoms with E-state index in [2.05, 4.69) is 5.43 Å². The molecule has 0 aliphatic carbocycles. The number of nitro groups is 1. The third kappa shape index (κ3) is 3.95. The largest absolute Gasteiger partial charge is 0.457 e. The Labute approximate surface area is 194 Å². The Hall–Kier alpha value is -4.66. The van der Waals surface area contributed by atoms with E-state index in [4.69, 9.17) is 15.5 Å². The van der Waals surface area contributed by atoms with Crippen LogP contribution in [0.4, 0.5) is 5.69 Å². The van der Waals surface area contributed by atoms with E-state index in [0.717, 1.165) is 23.3 Å². The Morgan fingerprint density at radius 3 is 2.35 bits per heavy atom. The first kappa shape index (κ1) is 21.2. The Bertz CT molecular complexity index is 1350. The summed E-state index contributed by atoms with van der Waals surface area (Å²) in [7, 11) is 0. The Kier molecular flexibility index (Phi) is 5.43. The molecule has 9 heteroatoms. The van der Waals surface area contributed by atoms with Crippen molar-refractivity contribution in [2.75, 3.05) is 12.0 Å². The second-order valence-corrected chi connectivity index (χ2v) is 7.90. The molecule has 34 heavy (non-hydrogen) atoms. The van der Waals surface area contributed by atoms with Crippen molar-refractivity contribution in [3.8, 4) is 22.8 Å². The van der Waals surface area contributed by atoms with Gasteiger partial charge in [0.2, 0.25) is 0 Å². The SMILES string of the molecule is NC(=O)c1c(-c2ccc(Oc3ccccc3)cc2)nc2n1NCCC2c1ccc([N+](=O)[O-])cc1. The van der Waals surface area contributed by atoms with Crippen LogP contribution in [0.25, 0.3) is 11.3 Å². The lowest BCUT2D eigenvalue weighted by atomic mass is 9.94. The van der Waals surface area contributed by atoms with E-state index in [1.807, 2.05) is 54.6 Å². The quantitative estimate of drug-likeness (QED) is 0.327. The summed E-state index contributed by atoms with van der Waals surface area (Å²) >= 11 is 0. The first-order valence-corrected chi connectivity index (χ1v) is 10.8. The zero-order valence-corrected chi connectivity index (χ0v) is 18.0. The van der Waals surface area contributed by atoms with Crippen LogP contribution in [-0.2, 0) is 0 Å². The highest BCUT2D eigenvalue weighted by Crippen LogP contribution is 2.35.